The van der Waals surface area contributed by atoms with Crippen LogP contribution in [0.1, 0.15) is 11.9 Å². The quantitative estimate of drug-likeness (QED) is 0.420. The number of hydrogen-bond donors (Lipinski definition) is 6. The van der Waals surface area contributed by atoms with Crippen LogP contribution in [-0.2, 0) is 4.74 Å². The maximum absolute atomic E-state index is 10.2. The summed E-state index contributed by atoms with van der Waals surface area (Å²) in [5, 5.41) is 58.5. The topological polar surface area (TPSA) is 144 Å². The predicted octanol–water partition coefficient (Wildman–Crippen LogP) is -0.168. The minimum absolute atomic E-state index is 0.0264. The number of ether oxygens (including phenoxy) is 1. The first-order valence-electron chi connectivity index (χ1n) is 6.42. The molecule has 1 aromatic heterocycles. The predicted molar refractivity (Wildman–Crippen MR) is 71.7 cm³/mol. The van der Waals surface area contributed by atoms with Gasteiger partial charge in [-0.05, 0) is 18.2 Å². The zero-order chi connectivity index (χ0) is 16.0. The van der Waals surface area contributed by atoms with Gasteiger partial charge in [0.25, 0.3) is 0 Å². The molecule has 8 nitrogen and oxygen atoms in total. The first-order valence-corrected chi connectivity index (χ1v) is 6.42. The van der Waals surface area contributed by atoms with E-state index < -0.39 is 30.4 Å². The van der Waals surface area contributed by atoms with E-state index in [1.165, 1.54) is 18.2 Å². The maximum atomic E-state index is 10.2. The normalized spacial score (nSPS) is 26.5. The van der Waals surface area contributed by atoms with Gasteiger partial charge in [0.2, 0.25) is 12.0 Å². The zero-order valence-electron chi connectivity index (χ0n) is 11.1. The second-order valence-corrected chi connectivity index (χ2v) is 4.98. The van der Waals surface area contributed by atoms with Crippen LogP contribution in [0.3, 0.4) is 0 Å². The second-order valence-electron chi connectivity index (χ2n) is 4.98. The molecular weight excluding hydrogens is 296 g/mol. The summed E-state index contributed by atoms with van der Waals surface area (Å²) in [6.07, 6.45) is -5.28. The fourth-order valence-electron chi connectivity index (χ4n) is 2.27. The van der Waals surface area contributed by atoms with Gasteiger partial charge in [-0.3, -0.25) is 0 Å². The van der Waals surface area contributed by atoms with Crippen LogP contribution in [0.5, 0.6) is 11.5 Å². The van der Waals surface area contributed by atoms with Crippen molar-refractivity contribution in [3.05, 3.63) is 35.8 Å². The molecule has 0 bridgehead atoms. The highest BCUT2D eigenvalue weighted by atomic mass is 16.6. The van der Waals surface area contributed by atoms with Gasteiger partial charge in [-0.2, -0.15) is 0 Å². The van der Waals surface area contributed by atoms with Crippen molar-refractivity contribution < 1.29 is 39.8 Å². The molecule has 3 rings (SSSR count). The van der Waals surface area contributed by atoms with Crippen molar-refractivity contribution >= 4 is 11.0 Å². The fourth-order valence-corrected chi connectivity index (χ4v) is 2.27. The monoisotopic (exact) mass is 310 g/mol. The molecule has 0 amide bonds. The Kier molecular flexibility index (Phi) is 3.45. The summed E-state index contributed by atoms with van der Waals surface area (Å²) >= 11 is 0. The molecule has 22 heavy (non-hydrogen) atoms. The Hall–Kier alpha value is -2.26. The number of aliphatic hydroxyl groups is 4. The molecule has 4 unspecified atom stereocenters. The van der Waals surface area contributed by atoms with Crippen LogP contribution in [0, 0.1) is 0 Å². The van der Waals surface area contributed by atoms with E-state index in [1.54, 1.807) is 0 Å². The van der Waals surface area contributed by atoms with Gasteiger partial charge in [0, 0.05) is 11.0 Å². The van der Waals surface area contributed by atoms with Gasteiger partial charge in [0.15, 0.2) is 11.3 Å². The van der Waals surface area contributed by atoms with Crippen molar-refractivity contribution in [2.45, 2.75) is 24.6 Å². The van der Waals surface area contributed by atoms with Crippen LogP contribution < -0.4 is 0 Å². The molecule has 2 aromatic rings. The summed E-state index contributed by atoms with van der Waals surface area (Å²) in [5.41, 5.74) is -0.137. The lowest BCUT2D eigenvalue weighted by Crippen LogP contribution is -2.43. The Labute approximate surface area is 123 Å². The minimum atomic E-state index is -1.61. The molecule has 1 aliphatic heterocycles. The lowest BCUT2D eigenvalue weighted by molar-refractivity contribution is -0.172. The lowest BCUT2D eigenvalue weighted by Gasteiger charge is -2.30. The van der Waals surface area contributed by atoms with Crippen molar-refractivity contribution in [1.82, 2.24) is 0 Å². The molecule has 1 aromatic carbocycles. The van der Waals surface area contributed by atoms with Gasteiger partial charge in [-0.1, -0.05) is 0 Å². The molecule has 1 aliphatic rings. The van der Waals surface area contributed by atoms with E-state index >= 15 is 0 Å². The number of phenolic OH excluding ortho intramolecular Hbond substituents is 2. The van der Waals surface area contributed by atoms with Crippen LogP contribution >= 0.6 is 0 Å². The standard InChI is InChI=1S/C14H14O8/c15-7-2-1-5-3-8(22-13(5)11(7)18)9(16)6-4-21-14(20)12(19)10(6)17/h1-4,9-10,12,14-20H. The lowest BCUT2D eigenvalue weighted by atomic mass is 9.97. The maximum Gasteiger partial charge on any atom is 0.225 e. The minimum Gasteiger partial charge on any atom is -0.504 e. The van der Waals surface area contributed by atoms with Gasteiger partial charge in [-0.25, -0.2) is 0 Å². The first kappa shape index (κ1) is 14.7. The number of aromatic hydroxyl groups is 2. The second kappa shape index (κ2) is 5.18. The average Bonchev–Trinajstić information content (AvgIpc) is 2.93. The Morgan fingerprint density at radius 2 is 1.82 bits per heavy atom. The van der Waals surface area contributed by atoms with Gasteiger partial charge >= 0.3 is 0 Å². The van der Waals surface area contributed by atoms with Gasteiger partial charge in [-0.15, -0.1) is 0 Å². The molecular formula is C14H14O8. The summed E-state index contributed by atoms with van der Waals surface area (Å²) in [6.45, 7) is 0. The molecule has 8 heteroatoms. The van der Waals surface area contributed by atoms with Crippen molar-refractivity contribution in [2.24, 2.45) is 0 Å². The van der Waals surface area contributed by atoms with Crippen molar-refractivity contribution in [3.8, 4) is 11.5 Å². The number of furan rings is 1. The largest absolute Gasteiger partial charge is 0.504 e. The van der Waals surface area contributed by atoms with E-state index in [9.17, 15) is 30.6 Å². The summed E-state index contributed by atoms with van der Waals surface area (Å²) < 4.78 is 10.0. The SMILES string of the molecule is Oc1ccc2cc(C(O)C3=COC(O)C(O)C3O)oc2c1O. The van der Waals surface area contributed by atoms with Crippen LogP contribution in [0.2, 0.25) is 0 Å². The Bertz CT molecular complexity index is 734. The highest BCUT2D eigenvalue weighted by molar-refractivity contribution is 5.86. The Morgan fingerprint density at radius 3 is 2.55 bits per heavy atom. The van der Waals surface area contributed by atoms with Crippen molar-refractivity contribution in [1.29, 1.82) is 0 Å². The number of rotatable bonds is 2. The average molecular weight is 310 g/mol. The molecule has 2 heterocycles. The highest BCUT2D eigenvalue weighted by Gasteiger charge is 2.37. The first-order chi connectivity index (χ1) is 10.4. The van der Waals surface area contributed by atoms with Crippen molar-refractivity contribution in [3.63, 3.8) is 0 Å². The third kappa shape index (κ3) is 2.18. The van der Waals surface area contributed by atoms with Gasteiger partial charge in [0.05, 0.1) is 6.26 Å². The number of aliphatic hydroxyl groups excluding tert-OH is 4. The zero-order valence-corrected chi connectivity index (χ0v) is 11.1. The van der Waals surface area contributed by atoms with E-state index in [1.807, 2.05) is 0 Å². The molecule has 0 saturated heterocycles. The van der Waals surface area contributed by atoms with E-state index in [2.05, 4.69) is 0 Å². The van der Waals surface area contributed by atoms with Crippen LogP contribution in [0.15, 0.2) is 34.5 Å². The number of fused-ring (bicyclic) bond motifs is 1. The van der Waals surface area contributed by atoms with E-state index in [0.717, 1.165) is 6.26 Å². The molecule has 0 saturated carbocycles. The molecule has 0 radical (unpaired) electrons. The molecule has 0 spiro atoms. The van der Waals surface area contributed by atoms with E-state index in [0.29, 0.717) is 5.39 Å². The van der Waals surface area contributed by atoms with Gasteiger partial charge < -0.3 is 39.8 Å². The number of hydrogen-bond acceptors (Lipinski definition) is 8. The van der Waals surface area contributed by atoms with E-state index in [4.69, 9.17) is 9.15 Å². The molecule has 6 N–H and O–H groups in total. The summed E-state index contributed by atoms with van der Waals surface area (Å²) in [6, 6.07) is 4.15. The van der Waals surface area contributed by atoms with Crippen LogP contribution in [0.4, 0.5) is 0 Å². The fraction of sp³-hybridized carbons (Fsp3) is 0.286. The third-order valence-electron chi connectivity index (χ3n) is 3.54. The molecule has 118 valence electrons. The number of phenols is 2. The van der Waals surface area contributed by atoms with E-state index in [-0.39, 0.29) is 22.7 Å². The molecule has 4 atom stereocenters. The summed E-state index contributed by atoms with van der Waals surface area (Å²) in [7, 11) is 0. The molecule has 0 fully saturated rings. The number of benzene rings is 1. The molecule has 0 aliphatic carbocycles. The van der Waals surface area contributed by atoms with Crippen LogP contribution in [0.25, 0.3) is 11.0 Å². The third-order valence-corrected chi connectivity index (χ3v) is 3.54. The van der Waals surface area contributed by atoms with Crippen molar-refractivity contribution in [2.75, 3.05) is 0 Å². The van der Waals surface area contributed by atoms with Crippen LogP contribution in [-0.4, -0.2) is 49.1 Å². The summed E-state index contributed by atoms with van der Waals surface area (Å²) in [4.78, 5) is 0. The Balaban J connectivity index is 1.99. The smallest absolute Gasteiger partial charge is 0.225 e. The Morgan fingerprint density at radius 1 is 1.09 bits per heavy atom. The summed E-state index contributed by atoms with van der Waals surface area (Å²) in [5.74, 6) is -0.879. The highest BCUT2D eigenvalue weighted by Crippen LogP contribution is 2.38. The van der Waals surface area contributed by atoms with Gasteiger partial charge in [0.1, 0.15) is 24.1 Å².